The molecule has 1 aliphatic carbocycles. The summed E-state index contributed by atoms with van der Waals surface area (Å²) in [6.07, 6.45) is 6.58. The fourth-order valence-electron chi connectivity index (χ4n) is 4.36. The summed E-state index contributed by atoms with van der Waals surface area (Å²) in [7, 11) is 1.78. The smallest absolute Gasteiger partial charge is 0.254 e. The second-order valence-electron chi connectivity index (χ2n) is 9.54. The third-order valence-corrected chi connectivity index (χ3v) is 6.53. The Morgan fingerprint density at radius 1 is 1.23 bits per heavy atom. The molecule has 5 N–H and O–H groups in total. The van der Waals surface area contributed by atoms with E-state index in [1.165, 1.54) is 36.7 Å². The largest absolute Gasteiger partial charge is 0.435 e. The van der Waals surface area contributed by atoms with Crippen molar-refractivity contribution in [2.75, 3.05) is 12.4 Å². The van der Waals surface area contributed by atoms with E-state index in [9.17, 15) is 14.0 Å². The minimum Gasteiger partial charge on any atom is -0.435 e. The molecule has 0 spiro atoms. The topological polar surface area (TPSA) is 148 Å². The van der Waals surface area contributed by atoms with E-state index in [4.69, 9.17) is 15.9 Å². The number of carbonyl (C=O) groups is 2. The number of ether oxygens (including phenoxy) is 1. The maximum Gasteiger partial charge on any atom is 0.254 e. The number of nitrogens with two attached hydrogens (primary N) is 1. The summed E-state index contributed by atoms with van der Waals surface area (Å²) in [5.74, 6) is -1.12. The molecule has 0 atom stereocenters. The van der Waals surface area contributed by atoms with Crippen LogP contribution in [0.1, 0.15) is 34.3 Å². The van der Waals surface area contributed by atoms with E-state index in [2.05, 4.69) is 20.6 Å². The van der Waals surface area contributed by atoms with Gasteiger partial charge in [-0.15, -0.1) is 0 Å². The first kappa shape index (κ1) is 26.5. The average Bonchev–Trinajstić information content (AvgIpc) is 3.70. The van der Waals surface area contributed by atoms with Crippen LogP contribution in [0.15, 0.2) is 60.9 Å². The molecular formula is C29H28FN7O3. The molecule has 204 valence electrons. The van der Waals surface area contributed by atoms with Crippen molar-refractivity contribution in [3.05, 3.63) is 83.4 Å². The lowest BCUT2D eigenvalue weighted by Gasteiger charge is -2.11. The van der Waals surface area contributed by atoms with Crippen LogP contribution < -0.4 is 21.1 Å². The number of nitrogens with one attached hydrogen (secondary N) is 3. The van der Waals surface area contributed by atoms with Crippen LogP contribution in [0.4, 0.5) is 10.3 Å². The van der Waals surface area contributed by atoms with Crippen LogP contribution in [-0.4, -0.2) is 39.6 Å². The number of benzene rings is 2. The van der Waals surface area contributed by atoms with Crippen LogP contribution in [0, 0.1) is 17.1 Å². The second kappa shape index (κ2) is 11.4. The summed E-state index contributed by atoms with van der Waals surface area (Å²) in [5, 5.41) is 13.6. The van der Waals surface area contributed by atoms with E-state index < -0.39 is 11.7 Å². The number of hydrogen-bond donors (Lipinski definition) is 4. The van der Waals surface area contributed by atoms with E-state index >= 15 is 0 Å². The number of allylic oxidation sites excluding steroid dienone is 1. The van der Waals surface area contributed by atoms with Gasteiger partial charge in [0.05, 0.1) is 17.5 Å². The molecule has 2 aromatic heterocycles. The summed E-state index contributed by atoms with van der Waals surface area (Å²) in [6.45, 7) is 0.715. The SMILES string of the molecule is CN/C=C(\C=N)c1ccc2nc(NC(=O)Cc3ccc(Oc4ncccc4C(N)=O)c(F)c3)n(CC3CC3)c2c1. The highest BCUT2D eigenvalue weighted by Crippen LogP contribution is 2.34. The van der Waals surface area contributed by atoms with Crippen molar-refractivity contribution in [2.45, 2.75) is 25.8 Å². The lowest BCUT2D eigenvalue weighted by atomic mass is 10.1. The second-order valence-corrected chi connectivity index (χ2v) is 9.54. The number of fused-ring (bicyclic) bond motifs is 1. The molecule has 1 saturated carbocycles. The van der Waals surface area contributed by atoms with E-state index in [0.717, 1.165) is 35.0 Å². The Hall–Kier alpha value is -5.06. The average molecular weight is 542 g/mol. The molecule has 2 amide bonds. The molecule has 1 aliphatic rings. The summed E-state index contributed by atoms with van der Waals surface area (Å²) in [5.41, 5.74) is 8.96. The molecule has 40 heavy (non-hydrogen) atoms. The summed E-state index contributed by atoms with van der Waals surface area (Å²) >= 11 is 0. The lowest BCUT2D eigenvalue weighted by molar-refractivity contribution is -0.115. The first-order valence-corrected chi connectivity index (χ1v) is 12.8. The van der Waals surface area contributed by atoms with Crippen LogP contribution in [0.2, 0.25) is 0 Å². The third kappa shape index (κ3) is 5.83. The molecule has 0 radical (unpaired) electrons. The summed E-state index contributed by atoms with van der Waals surface area (Å²) < 4.78 is 22.3. The normalized spacial score (nSPS) is 13.2. The van der Waals surface area contributed by atoms with Gasteiger partial charge in [-0.25, -0.2) is 14.4 Å². The van der Waals surface area contributed by atoms with Gasteiger partial charge in [-0.1, -0.05) is 12.1 Å². The zero-order valence-electron chi connectivity index (χ0n) is 21.8. The Morgan fingerprint density at radius 2 is 2.05 bits per heavy atom. The molecule has 10 nitrogen and oxygen atoms in total. The first-order chi connectivity index (χ1) is 19.4. The molecule has 4 aromatic rings. The van der Waals surface area contributed by atoms with Crippen molar-refractivity contribution < 1.29 is 18.7 Å². The van der Waals surface area contributed by atoms with Crippen LogP contribution >= 0.6 is 0 Å². The molecule has 0 bridgehead atoms. The van der Waals surface area contributed by atoms with Crippen LogP contribution in [-0.2, 0) is 17.8 Å². The predicted molar refractivity (Wildman–Crippen MR) is 150 cm³/mol. The van der Waals surface area contributed by atoms with E-state index in [0.29, 0.717) is 24.0 Å². The molecule has 11 heteroatoms. The molecule has 0 unspecified atom stereocenters. The van der Waals surface area contributed by atoms with Gasteiger partial charge >= 0.3 is 0 Å². The van der Waals surface area contributed by atoms with Crippen molar-refractivity contribution in [3.8, 4) is 11.6 Å². The van der Waals surface area contributed by atoms with Crippen molar-refractivity contribution in [2.24, 2.45) is 11.7 Å². The Kier molecular flexibility index (Phi) is 7.54. The van der Waals surface area contributed by atoms with Gasteiger partial charge in [-0.05, 0) is 66.3 Å². The molecule has 0 aliphatic heterocycles. The summed E-state index contributed by atoms with van der Waals surface area (Å²) in [6, 6.07) is 12.8. The number of rotatable bonds is 11. The van der Waals surface area contributed by atoms with Gasteiger partial charge in [0.15, 0.2) is 11.6 Å². The summed E-state index contributed by atoms with van der Waals surface area (Å²) in [4.78, 5) is 33.2. The van der Waals surface area contributed by atoms with E-state index in [1.54, 1.807) is 19.3 Å². The zero-order chi connectivity index (χ0) is 28.2. The Bertz CT molecular complexity index is 1640. The fourth-order valence-corrected chi connectivity index (χ4v) is 4.36. The Balaban J connectivity index is 1.35. The lowest BCUT2D eigenvalue weighted by Crippen LogP contribution is -2.18. The molecular weight excluding hydrogens is 513 g/mol. The van der Waals surface area contributed by atoms with E-state index in [1.807, 2.05) is 22.8 Å². The van der Waals surface area contributed by atoms with Crippen LogP contribution in [0.25, 0.3) is 16.6 Å². The molecule has 0 saturated heterocycles. The zero-order valence-corrected chi connectivity index (χ0v) is 21.8. The number of carbonyl (C=O) groups excluding carboxylic acids is 2. The van der Waals surface area contributed by atoms with Gasteiger partial charge in [0, 0.05) is 37.8 Å². The van der Waals surface area contributed by atoms with Crippen molar-refractivity contribution in [1.82, 2.24) is 19.9 Å². The Labute approximate surface area is 229 Å². The Morgan fingerprint density at radius 3 is 2.75 bits per heavy atom. The predicted octanol–water partition coefficient (Wildman–Crippen LogP) is 4.26. The maximum absolute atomic E-state index is 14.8. The van der Waals surface area contributed by atoms with Gasteiger partial charge in [0.25, 0.3) is 5.91 Å². The number of halogens is 1. The number of primary amides is 1. The quantitative estimate of drug-likeness (QED) is 0.209. The van der Waals surface area contributed by atoms with Gasteiger partial charge < -0.3 is 25.8 Å². The maximum atomic E-state index is 14.8. The van der Waals surface area contributed by atoms with Gasteiger partial charge in [0.1, 0.15) is 5.56 Å². The van der Waals surface area contributed by atoms with Crippen molar-refractivity contribution in [3.63, 3.8) is 0 Å². The highest BCUT2D eigenvalue weighted by molar-refractivity contribution is 6.09. The first-order valence-electron chi connectivity index (χ1n) is 12.8. The third-order valence-electron chi connectivity index (χ3n) is 6.53. The number of aromatic nitrogens is 3. The van der Waals surface area contributed by atoms with Crippen molar-refractivity contribution >= 4 is 40.6 Å². The highest BCUT2D eigenvalue weighted by atomic mass is 19.1. The molecule has 2 heterocycles. The van der Waals surface area contributed by atoms with Crippen molar-refractivity contribution in [1.29, 1.82) is 5.41 Å². The minimum atomic E-state index is -0.745. The van der Waals surface area contributed by atoms with Gasteiger partial charge in [-0.2, -0.15) is 0 Å². The minimum absolute atomic E-state index is 0.0265. The highest BCUT2D eigenvalue weighted by Gasteiger charge is 2.25. The number of hydrogen-bond acceptors (Lipinski definition) is 7. The van der Waals surface area contributed by atoms with Crippen LogP contribution in [0.3, 0.4) is 0 Å². The molecule has 1 fully saturated rings. The van der Waals surface area contributed by atoms with Crippen LogP contribution in [0.5, 0.6) is 11.6 Å². The molecule has 5 rings (SSSR count). The number of nitrogens with zero attached hydrogens (tertiary/aromatic N) is 3. The number of pyridine rings is 1. The van der Waals surface area contributed by atoms with Gasteiger partial charge in [0.2, 0.25) is 17.7 Å². The van der Waals surface area contributed by atoms with E-state index in [-0.39, 0.29) is 29.5 Å². The monoisotopic (exact) mass is 541 g/mol. The van der Waals surface area contributed by atoms with Gasteiger partial charge in [-0.3, -0.25) is 14.9 Å². The fraction of sp³-hybridized carbons (Fsp3) is 0.207. The number of imidazole rings is 1. The number of amides is 2. The number of anilines is 1. The standard InChI is InChI=1S/C29H28FN7O3/c1-33-15-20(14-31)19-7-8-23-24(13-19)37(16-17-4-5-17)29(35-23)36-26(38)12-18-6-9-25(22(30)11-18)40-28-21(27(32)39)3-2-10-34-28/h2-3,6-11,13-15,17,31,33H,4-5,12,16H2,1H3,(H2,32,39)(H,35,36,38)/b20-15+,31-14?. The molecule has 2 aromatic carbocycles.